The fourth-order valence-corrected chi connectivity index (χ4v) is 4.17. The summed E-state index contributed by atoms with van der Waals surface area (Å²) in [6.07, 6.45) is 2.86. The number of hydrogen-bond donors (Lipinski definition) is 0. The summed E-state index contributed by atoms with van der Waals surface area (Å²) in [5.41, 5.74) is 2.59. The molecule has 3 aromatic rings. The van der Waals surface area contributed by atoms with Gasteiger partial charge in [-0.3, -0.25) is 14.5 Å². The molecule has 10 nitrogen and oxygen atoms in total. The molecule has 5 rings (SSSR count). The van der Waals surface area contributed by atoms with Crippen LogP contribution in [0.5, 0.6) is 0 Å². The molecule has 2 aromatic carbocycles. The zero-order chi connectivity index (χ0) is 21.5. The Morgan fingerprint density at radius 1 is 0.871 bits per heavy atom. The Bertz CT molecular complexity index is 1250. The number of nitrogens with zero attached hydrogens (tertiary/aromatic N) is 6. The molecular formula is C21H16N6O4. The predicted octanol–water partition coefficient (Wildman–Crippen LogP) is 3.96. The number of rotatable bonds is 5. The minimum Gasteiger partial charge on any atom is -0.270 e. The summed E-state index contributed by atoms with van der Waals surface area (Å²) >= 11 is 0. The normalized spacial score (nSPS) is 16.2. The number of imide groups is 1. The van der Waals surface area contributed by atoms with Crippen molar-refractivity contribution in [1.82, 2.24) is 19.9 Å². The quantitative estimate of drug-likeness (QED) is 0.458. The molecule has 2 amide bonds. The summed E-state index contributed by atoms with van der Waals surface area (Å²) in [5.74, 6) is -0.712. The lowest BCUT2D eigenvalue weighted by Gasteiger charge is -2.17. The predicted molar refractivity (Wildman–Crippen MR) is 111 cm³/mol. The zero-order valence-corrected chi connectivity index (χ0v) is 16.3. The van der Waals surface area contributed by atoms with Crippen molar-refractivity contribution in [3.63, 3.8) is 0 Å². The summed E-state index contributed by atoms with van der Waals surface area (Å²) in [6, 6.07) is 9.82. The van der Waals surface area contributed by atoms with Crippen molar-refractivity contribution < 1.29 is 9.59 Å². The lowest BCUT2D eigenvalue weighted by Crippen LogP contribution is -2.31. The first-order valence-corrected chi connectivity index (χ1v) is 9.85. The van der Waals surface area contributed by atoms with Gasteiger partial charge in [0.1, 0.15) is 28.1 Å². The molecule has 0 saturated carbocycles. The van der Waals surface area contributed by atoms with Gasteiger partial charge in [-0.25, -0.2) is 0 Å². The van der Waals surface area contributed by atoms with Gasteiger partial charge in [0.2, 0.25) is 0 Å². The SMILES string of the molecule is O=Nc1cc(CN2C(=O)C3=C(CCCC3)C2=O)c(N=O)c(-n2nc3ccccc3n2)c1. The van der Waals surface area contributed by atoms with E-state index in [1.165, 1.54) is 16.9 Å². The van der Waals surface area contributed by atoms with Crippen LogP contribution in [0.3, 0.4) is 0 Å². The number of carbonyl (C=O) groups is 2. The first-order valence-electron chi connectivity index (χ1n) is 9.85. The molecule has 2 aliphatic rings. The molecule has 0 unspecified atom stereocenters. The van der Waals surface area contributed by atoms with Gasteiger partial charge in [-0.05, 0) is 60.3 Å². The molecule has 0 bridgehead atoms. The third-order valence-electron chi connectivity index (χ3n) is 5.66. The monoisotopic (exact) mass is 416 g/mol. The maximum atomic E-state index is 12.8. The van der Waals surface area contributed by atoms with E-state index in [-0.39, 0.29) is 41.0 Å². The molecule has 0 spiro atoms. The van der Waals surface area contributed by atoms with E-state index in [2.05, 4.69) is 20.6 Å². The number of amides is 2. The molecule has 0 saturated heterocycles. The fourth-order valence-electron chi connectivity index (χ4n) is 4.17. The molecule has 154 valence electrons. The first kappa shape index (κ1) is 18.9. The van der Waals surface area contributed by atoms with Crippen molar-refractivity contribution in [1.29, 1.82) is 0 Å². The number of nitroso groups, excluding NO2 is 2. The highest BCUT2D eigenvalue weighted by atomic mass is 16.3. The van der Waals surface area contributed by atoms with Crippen molar-refractivity contribution in [3.8, 4) is 5.69 Å². The molecule has 1 aromatic heterocycles. The Labute approximate surface area is 175 Å². The molecule has 0 radical (unpaired) electrons. The Balaban J connectivity index is 1.59. The average Bonchev–Trinajstić information content (AvgIpc) is 3.34. The number of aromatic nitrogens is 3. The summed E-state index contributed by atoms with van der Waals surface area (Å²) in [4.78, 5) is 51.0. The standard InChI is InChI=1S/C21H16N6O4/c28-20-14-5-1-2-6-15(14)21(29)26(20)11-12-9-13(24-30)10-18(19(12)25-31)27-22-16-7-3-4-8-17(16)23-27/h3-4,7-10H,1-2,5-6,11H2. The molecule has 1 aliphatic heterocycles. The van der Waals surface area contributed by atoms with Gasteiger partial charge in [-0.2, -0.15) is 0 Å². The van der Waals surface area contributed by atoms with Gasteiger partial charge in [-0.15, -0.1) is 24.8 Å². The Hall–Kier alpha value is -4.08. The highest BCUT2D eigenvalue weighted by Crippen LogP contribution is 2.37. The maximum Gasteiger partial charge on any atom is 0.257 e. The number of hydrogen-bond acceptors (Lipinski definition) is 8. The van der Waals surface area contributed by atoms with Gasteiger partial charge in [0.15, 0.2) is 0 Å². The smallest absolute Gasteiger partial charge is 0.257 e. The van der Waals surface area contributed by atoms with Gasteiger partial charge in [0.25, 0.3) is 11.8 Å². The Morgan fingerprint density at radius 2 is 1.48 bits per heavy atom. The van der Waals surface area contributed by atoms with E-state index in [4.69, 9.17) is 0 Å². The fraction of sp³-hybridized carbons (Fsp3) is 0.238. The summed E-state index contributed by atoms with van der Waals surface area (Å²) in [6.45, 7) is -0.192. The minimum atomic E-state index is -0.356. The van der Waals surface area contributed by atoms with Gasteiger partial charge in [-0.1, -0.05) is 12.1 Å². The largest absolute Gasteiger partial charge is 0.270 e. The molecule has 1 aliphatic carbocycles. The lowest BCUT2D eigenvalue weighted by atomic mass is 9.93. The van der Waals surface area contributed by atoms with E-state index in [0.717, 1.165) is 17.7 Å². The number of fused-ring (bicyclic) bond motifs is 1. The zero-order valence-electron chi connectivity index (χ0n) is 16.3. The number of carbonyl (C=O) groups excluding carboxylic acids is 2. The van der Waals surface area contributed by atoms with Crippen LogP contribution in [0.2, 0.25) is 0 Å². The molecule has 0 atom stereocenters. The van der Waals surface area contributed by atoms with Gasteiger partial charge >= 0.3 is 0 Å². The van der Waals surface area contributed by atoms with Gasteiger partial charge in [0, 0.05) is 16.7 Å². The van der Waals surface area contributed by atoms with Crippen LogP contribution in [0, 0.1) is 9.81 Å². The van der Waals surface area contributed by atoms with E-state index in [0.29, 0.717) is 35.0 Å². The molecule has 2 heterocycles. The van der Waals surface area contributed by atoms with Crippen LogP contribution in [0.1, 0.15) is 31.2 Å². The van der Waals surface area contributed by atoms with Crippen LogP contribution in [0.25, 0.3) is 16.7 Å². The topological polar surface area (TPSA) is 127 Å². The second kappa shape index (κ2) is 7.31. The van der Waals surface area contributed by atoms with Crippen molar-refractivity contribution in [3.05, 3.63) is 62.9 Å². The van der Waals surface area contributed by atoms with Gasteiger partial charge < -0.3 is 0 Å². The maximum absolute atomic E-state index is 12.8. The van der Waals surface area contributed by atoms with Crippen LogP contribution in [-0.4, -0.2) is 31.7 Å². The van der Waals surface area contributed by atoms with Crippen molar-refractivity contribution in [2.24, 2.45) is 10.4 Å². The van der Waals surface area contributed by atoms with E-state index in [9.17, 15) is 19.4 Å². The Morgan fingerprint density at radius 3 is 2.03 bits per heavy atom. The lowest BCUT2D eigenvalue weighted by molar-refractivity contribution is -0.138. The van der Waals surface area contributed by atoms with Crippen molar-refractivity contribution >= 4 is 34.2 Å². The summed E-state index contributed by atoms with van der Waals surface area (Å²) < 4.78 is 0. The second-order valence-electron chi connectivity index (χ2n) is 7.49. The highest BCUT2D eigenvalue weighted by Gasteiger charge is 2.39. The summed E-state index contributed by atoms with van der Waals surface area (Å²) in [5, 5.41) is 14.8. The Kier molecular flexibility index (Phi) is 4.46. The second-order valence-corrected chi connectivity index (χ2v) is 7.49. The molecule has 10 heteroatoms. The molecule has 0 N–H and O–H groups in total. The van der Waals surface area contributed by atoms with Crippen LogP contribution in [-0.2, 0) is 16.1 Å². The summed E-state index contributed by atoms with van der Waals surface area (Å²) in [7, 11) is 0. The third-order valence-corrected chi connectivity index (χ3v) is 5.66. The minimum absolute atomic E-state index is 0.00979. The molecular weight excluding hydrogens is 400 g/mol. The van der Waals surface area contributed by atoms with Crippen LogP contribution >= 0.6 is 0 Å². The average molecular weight is 416 g/mol. The van der Waals surface area contributed by atoms with E-state index < -0.39 is 0 Å². The van der Waals surface area contributed by atoms with Crippen molar-refractivity contribution in [2.45, 2.75) is 32.2 Å². The van der Waals surface area contributed by atoms with E-state index >= 15 is 0 Å². The highest BCUT2D eigenvalue weighted by molar-refractivity contribution is 6.19. The van der Waals surface area contributed by atoms with Crippen LogP contribution in [0.4, 0.5) is 11.4 Å². The van der Waals surface area contributed by atoms with Crippen LogP contribution < -0.4 is 0 Å². The number of benzene rings is 2. The van der Waals surface area contributed by atoms with E-state index in [1.807, 2.05) is 0 Å². The van der Waals surface area contributed by atoms with Gasteiger partial charge in [0.05, 0.1) is 6.54 Å². The third kappa shape index (κ3) is 3.03. The van der Waals surface area contributed by atoms with E-state index in [1.54, 1.807) is 24.3 Å². The molecule has 0 fully saturated rings. The molecule has 31 heavy (non-hydrogen) atoms. The van der Waals surface area contributed by atoms with Crippen molar-refractivity contribution in [2.75, 3.05) is 0 Å². The van der Waals surface area contributed by atoms with Crippen LogP contribution in [0.15, 0.2) is 57.9 Å². The first-order chi connectivity index (χ1) is 15.1.